The van der Waals surface area contributed by atoms with Crippen LogP contribution in [0.1, 0.15) is 5.76 Å². The minimum absolute atomic E-state index is 0.0140. The lowest BCUT2D eigenvalue weighted by atomic mass is 10.2. The number of benzene rings is 1. The highest BCUT2D eigenvalue weighted by Gasteiger charge is 2.11. The fourth-order valence-electron chi connectivity index (χ4n) is 1.56. The molecule has 5 nitrogen and oxygen atoms in total. The second-order valence-corrected chi connectivity index (χ2v) is 3.25. The summed E-state index contributed by atoms with van der Waals surface area (Å²) in [7, 11) is 3.13. The third-order valence-corrected chi connectivity index (χ3v) is 2.28. The maximum Gasteiger partial charge on any atom is 0.176 e. The highest BCUT2D eigenvalue weighted by molar-refractivity contribution is 5.85. The highest BCUT2D eigenvalue weighted by Crippen LogP contribution is 2.33. The number of nitroso groups, excluding NO2 is 1. The molecular formula is C11H11NO4. The van der Waals surface area contributed by atoms with Crippen molar-refractivity contribution < 1.29 is 13.9 Å². The molecule has 1 heterocycles. The van der Waals surface area contributed by atoms with Crippen molar-refractivity contribution in [3.05, 3.63) is 28.9 Å². The number of furan rings is 1. The molecular weight excluding hydrogens is 210 g/mol. The Kier molecular flexibility index (Phi) is 2.76. The van der Waals surface area contributed by atoms with Gasteiger partial charge >= 0.3 is 0 Å². The van der Waals surface area contributed by atoms with Crippen LogP contribution in [0.2, 0.25) is 0 Å². The average molecular weight is 221 g/mol. The van der Waals surface area contributed by atoms with Crippen molar-refractivity contribution in [3.8, 4) is 11.5 Å². The predicted octanol–water partition coefficient (Wildman–Crippen LogP) is 2.72. The van der Waals surface area contributed by atoms with Gasteiger partial charge in [0.2, 0.25) is 0 Å². The normalized spacial score (nSPS) is 10.4. The van der Waals surface area contributed by atoms with Gasteiger partial charge in [-0.1, -0.05) is 5.18 Å². The molecule has 5 heteroatoms. The van der Waals surface area contributed by atoms with E-state index >= 15 is 0 Å². The molecule has 16 heavy (non-hydrogen) atoms. The molecule has 0 spiro atoms. The van der Waals surface area contributed by atoms with Crippen LogP contribution in [0.15, 0.2) is 27.8 Å². The quantitative estimate of drug-likeness (QED) is 0.744. The van der Waals surface area contributed by atoms with Gasteiger partial charge in [0, 0.05) is 11.5 Å². The van der Waals surface area contributed by atoms with E-state index in [1.807, 2.05) is 6.07 Å². The van der Waals surface area contributed by atoms with E-state index < -0.39 is 0 Å². The van der Waals surface area contributed by atoms with E-state index in [1.54, 1.807) is 26.4 Å². The molecule has 0 radical (unpaired) electrons. The van der Waals surface area contributed by atoms with Crippen molar-refractivity contribution in [3.63, 3.8) is 0 Å². The fraction of sp³-hybridized carbons (Fsp3) is 0.273. The van der Waals surface area contributed by atoms with Gasteiger partial charge < -0.3 is 13.9 Å². The molecule has 2 rings (SSSR count). The molecule has 0 aliphatic rings. The van der Waals surface area contributed by atoms with Gasteiger partial charge in [-0.05, 0) is 12.1 Å². The molecule has 2 aromatic rings. The number of hydrogen-bond donors (Lipinski definition) is 0. The Hall–Kier alpha value is -2.04. The van der Waals surface area contributed by atoms with Crippen molar-refractivity contribution in [1.82, 2.24) is 0 Å². The van der Waals surface area contributed by atoms with Crippen molar-refractivity contribution in [2.45, 2.75) is 6.54 Å². The van der Waals surface area contributed by atoms with Gasteiger partial charge in [0.05, 0.1) is 14.2 Å². The SMILES string of the molecule is COc1cc(OC)c2oc(CN=O)cc2c1. The summed E-state index contributed by atoms with van der Waals surface area (Å²) in [5, 5.41) is 3.61. The van der Waals surface area contributed by atoms with Crippen LogP contribution < -0.4 is 9.47 Å². The molecule has 1 aromatic carbocycles. The number of methoxy groups -OCH3 is 2. The molecule has 0 aliphatic heterocycles. The van der Waals surface area contributed by atoms with Gasteiger partial charge in [-0.25, -0.2) is 0 Å². The van der Waals surface area contributed by atoms with E-state index in [1.165, 1.54) is 0 Å². The summed E-state index contributed by atoms with van der Waals surface area (Å²) < 4.78 is 15.8. The molecule has 1 aromatic heterocycles. The second kappa shape index (κ2) is 4.22. The van der Waals surface area contributed by atoms with Crippen LogP contribution in [0.4, 0.5) is 0 Å². The topological polar surface area (TPSA) is 61.0 Å². The van der Waals surface area contributed by atoms with Crippen molar-refractivity contribution >= 4 is 11.0 Å². The second-order valence-electron chi connectivity index (χ2n) is 3.25. The van der Waals surface area contributed by atoms with Crippen LogP contribution in [0.5, 0.6) is 11.5 Å². The molecule has 0 amide bonds. The Morgan fingerprint density at radius 1 is 1.25 bits per heavy atom. The van der Waals surface area contributed by atoms with E-state index in [0.29, 0.717) is 22.8 Å². The lowest BCUT2D eigenvalue weighted by Crippen LogP contribution is -1.86. The van der Waals surface area contributed by atoms with Crippen LogP contribution in [0.3, 0.4) is 0 Å². The molecule has 0 N–H and O–H groups in total. The molecule has 0 saturated carbocycles. The zero-order valence-electron chi connectivity index (χ0n) is 9.02. The van der Waals surface area contributed by atoms with Crippen molar-refractivity contribution in [2.24, 2.45) is 5.18 Å². The van der Waals surface area contributed by atoms with Crippen molar-refractivity contribution in [1.29, 1.82) is 0 Å². The Bertz CT molecular complexity index is 518. The lowest BCUT2D eigenvalue weighted by molar-refractivity contribution is 0.391. The molecule has 0 unspecified atom stereocenters. The van der Waals surface area contributed by atoms with Crippen LogP contribution in [-0.4, -0.2) is 14.2 Å². The number of hydrogen-bond acceptors (Lipinski definition) is 5. The zero-order valence-corrected chi connectivity index (χ0v) is 9.02. The van der Waals surface area contributed by atoms with Gasteiger partial charge in [0.15, 0.2) is 11.3 Å². The van der Waals surface area contributed by atoms with Gasteiger partial charge in [-0.2, -0.15) is 4.91 Å². The number of ether oxygens (including phenoxy) is 2. The Labute approximate surface area is 91.9 Å². The molecule has 0 fully saturated rings. The van der Waals surface area contributed by atoms with E-state index in [0.717, 1.165) is 5.39 Å². The summed E-state index contributed by atoms with van der Waals surface area (Å²) in [6.07, 6.45) is 0. The monoisotopic (exact) mass is 221 g/mol. The lowest BCUT2D eigenvalue weighted by Gasteiger charge is -2.03. The number of nitrogens with zero attached hydrogens (tertiary/aromatic N) is 1. The van der Waals surface area contributed by atoms with Crippen molar-refractivity contribution in [2.75, 3.05) is 14.2 Å². The van der Waals surface area contributed by atoms with Gasteiger partial charge in [0.1, 0.15) is 18.1 Å². The summed E-state index contributed by atoms with van der Waals surface area (Å²) in [4.78, 5) is 10.2. The van der Waals surface area contributed by atoms with Gasteiger partial charge in [0.25, 0.3) is 0 Å². The molecule has 0 bridgehead atoms. The van der Waals surface area contributed by atoms with Crippen LogP contribution in [-0.2, 0) is 6.54 Å². The zero-order chi connectivity index (χ0) is 11.5. The maximum atomic E-state index is 10.2. The van der Waals surface area contributed by atoms with E-state index in [4.69, 9.17) is 13.9 Å². The van der Waals surface area contributed by atoms with E-state index in [9.17, 15) is 4.91 Å². The average Bonchev–Trinajstić information content (AvgIpc) is 2.70. The van der Waals surface area contributed by atoms with E-state index in [-0.39, 0.29) is 6.54 Å². The molecule has 84 valence electrons. The maximum absolute atomic E-state index is 10.2. The van der Waals surface area contributed by atoms with Crippen LogP contribution in [0.25, 0.3) is 11.0 Å². The summed E-state index contributed by atoms with van der Waals surface area (Å²) >= 11 is 0. The van der Waals surface area contributed by atoms with Gasteiger partial charge in [-0.15, -0.1) is 0 Å². The number of rotatable bonds is 4. The minimum Gasteiger partial charge on any atom is -0.497 e. The summed E-state index contributed by atoms with van der Waals surface area (Å²) in [5.41, 5.74) is 0.599. The first-order valence-corrected chi connectivity index (χ1v) is 4.72. The highest BCUT2D eigenvalue weighted by atomic mass is 16.5. The van der Waals surface area contributed by atoms with E-state index in [2.05, 4.69) is 5.18 Å². The van der Waals surface area contributed by atoms with Crippen LogP contribution in [0, 0.1) is 4.91 Å². The minimum atomic E-state index is 0.0140. The Balaban J connectivity index is 2.60. The Morgan fingerprint density at radius 2 is 2.06 bits per heavy atom. The first-order valence-electron chi connectivity index (χ1n) is 4.72. The standard InChI is InChI=1S/C11H11NO4/c1-14-8-3-7-4-9(6-12-13)16-11(7)10(5-8)15-2/h3-5H,6H2,1-2H3. The first kappa shape index (κ1) is 10.5. The van der Waals surface area contributed by atoms with Crippen LogP contribution >= 0.6 is 0 Å². The molecule has 0 atom stereocenters. The fourth-order valence-corrected chi connectivity index (χ4v) is 1.56. The largest absolute Gasteiger partial charge is 0.497 e. The first-order chi connectivity index (χ1) is 7.78. The number of fused-ring (bicyclic) bond motifs is 1. The smallest absolute Gasteiger partial charge is 0.176 e. The molecule has 0 aliphatic carbocycles. The Morgan fingerprint density at radius 3 is 2.69 bits per heavy atom. The third kappa shape index (κ3) is 1.71. The molecule has 0 saturated heterocycles. The third-order valence-electron chi connectivity index (χ3n) is 2.28. The summed E-state index contributed by atoms with van der Waals surface area (Å²) in [6.45, 7) is 0.0140. The summed E-state index contributed by atoms with van der Waals surface area (Å²) in [5.74, 6) is 1.76. The summed E-state index contributed by atoms with van der Waals surface area (Å²) in [6, 6.07) is 5.29. The van der Waals surface area contributed by atoms with Gasteiger partial charge in [-0.3, -0.25) is 0 Å². The predicted molar refractivity (Wildman–Crippen MR) is 58.8 cm³/mol.